The largest absolute Gasteiger partial charge is 0.493 e. The van der Waals surface area contributed by atoms with E-state index in [4.69, 9.17) is 14.5 Å². The van der Waals surface area contributed by atoms with Crippen molar-refractivity contribution >= 4 is 22.6 Å². The number of nitrogens with zero attached hydrogens (tertiary/aromatic N) is 4. The van der Waals surface area contributed by atoms with Crippen LogP contribution in [0.1, 0.15) is 47.8 Å². The van der Waals surface area contributed by atoms with Gasteiger partial charge in [-0.3, -0.25) is 14.5 Å². The number of pyridine rings is 1. The molecule has 6 rings (SSSR count). The molecule has 3 heterocycles. The molecule has 1 fully saturated rings. The Balaban J connectivity index is 1.18. The summed E-state index contributed by atoms with van der Waals surface area (Å²) in [5, 5.41) is 15.3. The van der Waals surface area contributed by atoms with E-state index in [1.165, 1.54) is 24.1 Å². The van der Waals surface area contributed by atoms with Crippen molar-refractivity contribution in [1.82, 2.24) is 14.8 Å². The first kappa shape index (κ1) is 25.4. The minimum Gasteiger partial charge on any atom is -0.493 e. The lowest BCUT2D eigenvalue weighted by Crippen LogP contribution is -2.36. The number of morpholine rings is 1. The molecule has 8 nitrogen and oxygen atoms in total. The summed E-state index contributed by atoms with van der Waals surface area (Å²) in [5.74, 6) is -0.0970. The molecule has 0 spiro atoms. The predicted molar refractivity (Wildman–Crippen MR) is 150 cm³/mol. The van der Waals surface area contributed by atoms with Crippen LogP contribution in [0.2, 0.25) is 0 Å². The Bertz CT molecular complexity index is 1460. The predicted octanol–water partition coefficient (Wildman–Crippen LogP) is 4.83. The quantitative estimate of drug-likeness (QED) is 0.334. The van der Waals surface area contributed by atoms with Crippen LogP contribution in [0.3, 0.4) is 0 Å². The summed E-state index contributed by atoms with van der Waals surface area (Å²) in [6.07, 6.45) is 7.17. The van der Waals surface area contributed by atoms with Gasteiger partial charge in [0.15, 0.2) is 0 Å². The zero-order valence-corrected chi connectivity index (χ0v) is 22.1. The van der Waals surface area contributed by atoms with E-state index in [0.717, 1.165) is 65.9 Å². The van der Waals surface area contributed by atoms with E-state index >= 15 is 0 Å². The van der Waals surface area contributed by atoms with Crippen LogP contribution in [0, 0.1) is 0 Å². The molecular weight excluding hydrogens is 492 g/mol. The standard InChI is InChI=1S/C31H34N4O4/c36-31(37)20-30(23-5-3-6-26(18-23)34-13-16-38-17-14-34)35-29-11-10-27(19-24(29)21-32-35)39-15-12-25-9-8-22-4-1-2-7-28(22)33-25/h3,5-6,8-11,18-19,21,30H,1-2,4,7,12-17,20H2,(H,36,37). The fraction of sp³-hybridized carbons (Fsp3) is 0.387. The van der Waals surface area contributed by atoms with Crippen molar-refractivity contribution in [1.29, 1.82) is 0 Å². The van der Waals surface area contributed by atoms with E-state index in [0.29, 0.717) is 19.8 Å². The molecule has 1 aliphatic carbocycles. The van der Waals surface area contributed by atoms with E-state index in [9.17, 15) is 9.90 Å². The molecule has 1 N–H and O–H groups in total. The third-order valence-electron chi connectivity index (χ3n) is 7.72. The molecule has 0 saturated carbocycles. The van der Waals surface area contributed by atoms with Crippen LogP contribution in [0.4, 0.5) is 5.69 Å². The third kappa shape index (κ3) is 5.76. The fourth-order valence-electron chi connectivity index (χ4n) is 5.67. The second-order valence-corrected chi connectivity index (χ2v) is 10.3. The monoisotopic (exact) mass is 526 g/mol. The molecule has 2 aromatic heterocycles. The summed E-state index contributed by atoms with van der Waals surface area (Å²) in [5.41, 5.74) is 6.58. The smallest absolute Gasteiger partial charge is 0.305 e. The van der Waals surface area contributed by atoms with Crippen LogP contribution in [-0.2, 0) is 28.8 Å². The lowest BCUT2D eigenvalue weighted by molar-refractivity contribution is -0.137. The molecule has 1 unspecified atom stereocenters. The van der Waals surface area contributed by atoms with Crippen LogP contribution in [0.15, 0.2) is 60.8 Å². The van der Waals surface area contributed by atoms with Crippen molar-refractivity contribution < 1.29 is 19.4 Å². The van der Waals surface area contributed by atoms with E-state index in [-0.39, 0.29) is 6.42 Å². The van der Waals surface area contributed by atoms with Gasteiger partial charge >= 0.3 is 5.97 Å². The molecule has 4 aromatic rings. The molecule has 1 saturated heterocycles. The highest BCUT2D eigenvalue weighted by molar-refractivity contribution is 5.81. The Labute approximate surface area is 228 Å². The second kappa shape index (κ2) is 11.5. The van der Waals surface area contributed by atoms with E-state index < -0.39 is 12.0 Å². The first-order chi connectivity index (χ1) is 19.1. The van der Waals surface area contributed by atoms with Gasteiger partial charge in [-0.25, -0.2) is 0 Å². The first-order valence-electron chi connectivity index (χ1n) is 13.9. The molecule has 1 aliphatic heterocycles. The maximum atomic E-state index is 11.9. The molecule has 0 radical (unpaired) electrons. The second-order valence-electron chi connectivity index (χ2n) is 10.3. The fourth-order valence-corrected chi connectivity index (χ4v) is 5.67. The van der Waals surface area contributed by atoms with Gasteiger partial charge in [0.25, 0.3) is 0 Å². The molecule has 2 aliphatic rings. The van der Waals surface area contributed by atoms with Gasteiger partial charge in [-0.05, 0) is 73.2 Å². The summed E-state index contributed by atoms with van der Waals surface area (Å²) >= 11 is 0. The summed E-state index contributed by atoms with van der Waals surface area (Å²) in [6, 6.07) is 17.9. The molecule has 202 valence electrons. The number of carboxylic acid groups (broad SMARTS) is 1. The number of hydrogen-bond acceptors (Lipinski definition) is 6. The number of benzene rings is 2. The van der Waals surface area contributed by atoms with Crippen molar-refractivity contribution in [2.45, 2.75) is 44.6 Å². The summed E-state index contributed by atoms with van der Waals surface area (Å²) < 4.78 is 13.4. The SMILES string of the molecule is O=C(O)CC(c1cccc(N2CCOCC2)c1)n1ncc2cc(OCCc3ccc4c(n3)CCCC4)ccc21. The van der Waals surface area contributed by atoms with Gasteiger partial charge in [-0.2, -0.15) is 5.10 Å². The lowest BCUT2D eigenvalue weighted by atomic mass is 9.96. The Morgan fingerprint density at radius 2 is 1.92 bits per heavy atom. The Kier molecular flexibility index (Phi) is 7.45. The molecule has 39 heavy (non-hydrogen) atoms. The number of ether oxygens (including phenoxy) is 2. The maximum Gasteiger partial charge on any atom is 0.305 e. The van der Waals surface area contributed by atoms with Crippen molar-refractivity contribution in [3.8, 4) is 5.75 Å². The molecular formula is C31H34N4O4. The highest BCUT2D eigenvalue weighted by Crippen LogP contribution is 2.31. The van der Waals surface area contributed by atoms with Crippen LogP contribution in [0.25, 0.3) is 10.9 Å². The highest BCUT2D eigenvalue weighted by Gasteiger charge is 2.22. The number of carbonyl (C=O) groups is 1. The zero-order chi connectivity index (χ0) is 26.6. The Morgan fingerprint density at radius 1 is 1.05 bits per heavy atom. The number of anilines is 1. The normalized spacial score (nSPS) is 16.2. The van der Waals surface area contributed by atoms with Crippen LogP contribution < -0.4 is 9.64 Å². The van der Waals surface area contributed by atoms with Gasteiger partial charge < -0.3 is 19.5 Å². The molecule has 0 bridgehead atoms. The number of aryl methyl sites for hydroxylation is 2. The van der Waals surface area contributed by atoms with E-state index in [1.807, 2.05) is 35.0 Å². The summed E-state index contributed by atoms with van der Waals surface area (Å²) in [7, 11) is 0. The van der Waals surface area contributed by atoms with Gasteiger partial charge in [0.2, 0.25) is 0 Å². The van der Waals surface area contributed by atoms with Gasteiger partial charge in [-0.15, -0.1) is 0 Å². The lowest BCUT2D eigenvalue weighted by Gasteiger charge is -2.29. The minimum atomic E-state index is -0.865. The van der Waals surface area contributed by atoms with Crippen LogP contribution in [-0.4, -0.2) is 58.8 Å². The summed E-state index contributed by atoms with van der Waals surface area (Å²) in [4.78, 5) is 19.0. The van der Waals surface area contributed by atoms with E-state index in [2.05, 4.69) is 34.3 Å². The molecule has 8 heteroatoms. The van der Waals surface area contributed by atoms with Gasteiger partial charge in [0.05, 0.1) is 44.0 Å². The number of carboxylic acids is 1. The number of hydrogen-bond donors (Lipinski definition) is 1. The average molecular weight is 527 g/mol. The number of fused-ring (bicyclic) bond motifs is 2. The Hall–Kier alpha value is -3.91. The molecule has 2 aromatic carbocycles. The zero-order valence-electron chi connectivity index (χ0n) is 22.1. The average Bonchev–Trinajstić information content (AvgIpc) is 3.39. The first-order valence-corrected chi connectivity index (χ1v) is 13.9. The van der Waals surface area contributed by atoms with Crippen molar-refractivity contribution in [2.75, 3.05) is 37.8 Å². The van der Waals surface area contributed by atoms with Crippen molar-refractivity contribution in [3.05, 3.63) is 83.3 Å². The van der Waals surface area contributed by atoms with Crippen molar-refractivity contribution in [3.63, 3.8) is 0 Å². The number of rotatable bonds is 9. The van der Waals surface area contributed by atoms with Crippen LogP contribution in [0.5, 0.6) is 5.75 Å². The maximum absolute atomic E-state index is 11.9. The highest BCUT2D eigenvalue weighted by atomic mass is 16.5. The van der Waals surface area contributed by atoms with Crippen LogP contribution >= 0.6 is 0 Å². The Morgan fingerprint density at radius 3 is 2.79 bits per heavy atom. The molecule has 1 atom stereocenters. The van der Waals surface area contributed by atoms with Gasteiger partial charge in [0, 0.05) is 42.0 Å². The number of aromatic nitrogens is 3. The number of aliphatic carboxylic acids is 1. The summed E-state index contributed by atoms with van der Waals surface area (Å²) in [6.45, 7) is 3.58. The van der Waals surface area contributed by atoms with Crippen molar-refractivity contribution in [2.24, 2.45) is 0 Å². The minimum absolute atomic E-state index is 0.0601. The van der Waals surface area contributed by atoms with Gasteiger partial charge in [0.1, 0.15) is 5.75 Å². The van der Waals surface area contributed by atoms with Gasteiger partial charge in [-0.1, -0.05) is 18.2 Å². The third-order valence-corrected chi connectivity index (χ3v) is 7.72. The topological polar surface area (TPSA) is 89.7 Å². The molecule has 0 amide bonds. The van der Waals surface area contributed by atoms with E-state index in [1.54, 1.807) is 6.20 Å².